The Morgan fingerprint density at radius 3 is 2.61 bits per heavy atom. The number of nitrogens with one attached hydrogen (secondary N) is 1. The van der Waals surface area contributed by atoms with E-state index in [0.717, 1.165) is 6.42 Å². The summed E-state index contributed by atoms with van der Waals surface area (Å²) in [6, 6.07) is 12.7. The van der Waals surface area contributed by atoms with Crippen LogP contribution in [0.4, 0.5) is 0 Å². The zero-order valence-electron chi connectivity index (χ0n) is 11.9. The molecule has 2 nitrogen and oxygen atoms in total. The van der Waals surface area contributed by atoms with Crippen LogP contribution in [-0.4, -0.2) is 36.1 Å². The third-order valence-corrected chi connectivity index (χ3v) is 3.79. The molecule has 1 aliphatic heterocycles. The molecule has 1 saturated heterocycles. The molecule has 1 N–H and O–H groups in total. The lowest BCUT2D eigenvalue weighted by molar-refractivity contribution is 0.249. The van der Waals surface area contributed by atoms with Crippen molar-refractivity contribution in [1.82, 2.24) is 10.2 Å². The summed E-state index contributed by atoms with van der Waals surface area (Å²) in [4.78, 5) is 2.62. The van der Waals surface area contributed by atoms with Crippen molar-refractivity contribution in [3.8, 4) is 0 Å². The summed E-state index contributed by atoms with van der Waals surface area (Å²) >= 11 is 0. The standard InChI is InChI=1S/C16H26N2/c1-13(2)17-16-9-10-18(12-16)14(3)11-15-7-5-4-6-8-15/h4-8,13-14,16-17H,9-12H2,1-3H3. The van der Waals surface area contributed by atoms with Gasteiger partial charge in [-0.25, -0.2) is 0 Å². The van der Waals surface area contributed by atoms with E-state index in [0.29, 0.717) is 18.1 Å². The zero-order valence-corrected chi connectivity index (χ0v) is 11.9. The third-order valence-electron chi connectivity index (χ3n) is 3.79. The first-order valence-corrected chi connectivity index (χ1v) is 7.19. The van der Waals surface area contributed by atoms with E-state index >= 15 is 0 Å². The van der Waals surface area contributed by atoms with Gasteiger partial charge in [-0.05, 0) is 25.3 Å². The average molecular weight is 246 g/mol. The van der Waals surface area contributed by atoms with Crippen LogP contribution >= 0.6 is 0 Å². The second-order valence-corrected chi connectivity index (χ2v) is 5.84. The largest absolute Gasteiger partial charge is 0.310 e. The lowest BCUT2D eigenvalue weighted by Gasteiger charge is -2.25. The quantitative estimate of drug-likeness (QED) is 0.859. The predicted octanol–water partition coefficient (Wildman–Crippen LogP) is 2.69. The van der Waals surface area contributed by atoms with Crippen LogP contribution in [0.3, 0.4) is 0 Å². The second kappa shape index (κ2) is 6.35. The normalized spacial score (nSPS) is 22.6. The number of rotatable bonds is 5. The molecule has 1 aromatic rings. The van der Waals surface area contributed by atoms with Crippen molar-refractivity contribution in [2.45, 2.75) is 51.7 Å². The molecule has 0 radical (unpaired) electrons. The fraction of sp³-hybridized carbons (Fsp3) is 0.625. The zero-order chi connectivity index (χ0) is 13.0. The van der Waals surface area contributed by atoms with Crippen LogP contribution in [-0.2, 0) is 6.42 Å². The van der Waals surface area contributed by atoms with Crippen LogP contribution in [0, 0.1) is 0 Å². The van der Waals surface area contributed by atoms with Crippen LogP contribution < -0.4 is 5.32 Å². The Kier molecular flexibility index (Phi) is 4.79. The Morgan fingerprint density at radius 2 is 1.94 bits per heavy atom. The molecule has 1 heterocycles. The summed E-state index contributed by atoms with van der Waals surface area (Å²) in [6.07, 6.45) is 2.45. The van der Waals surface area contributed by atoms with Gasteiger partial charge in [-0.2, -0.15) is 0 Å². The highest BCUT2D eigenvalue weighted by atomic mass is 15.2. The summed E-state index contributed by atoms with van der Waals surface area (Å²) in [5.74, 6) is 0. The van der Waals surface area contributed by atoms with Gasteiger partial charge in [0.05, 0.1) is 0 Å². The van der Waals surface area contributed by atoms with E-state index in [1.165, 1.54) is 25.1 Å². The van der Waals surface area contributed by atoms with Crippen molar-refractivity contribution in [3.05, 3.63) is 35.9 Å². The molecule has 0 bridgehead atoms. The van der Waals surface area contributed by atoms with E-state index < -0.39 is 0 Å². The van der Waals surface area contributed by atoms with Gasteiger partial charge in [0.25, 0.3) is 0 Å². The molecule has 2 unspecified atom stereocenters. The molecule has 0 amide bonds. The Balaban J connectivity index is 1.82. The summed E-state index contributed by atoms with van der Waals surface area (Å²) in [5.41, 5.74) is 1.45. The molecule has 1 fully saturated rings. The molecule has 18 heavy (non-hydrogen) atoms. The fourth-order valence-corrected chi connectivity index (χ4v) is 2.88. The molecule has 0 saturated carbocycles. The average Bonchev–Trinajstić information content (AvgIpc) is 2.78. The van der Waals surface area contributed by atoms with Crippen LogP contribution in [0.5, 0.6) is 0 Å². The highest BCUT2D eigenvalue weighted by Gasteiger charge is 2.25. The van der Waals surface area contributed by atoms with Crippen molar-refractivity contribution in [2.24, 2.45) is 0 Å². The lowest BCUT2D eigenvalue weighted by atomic mass is 10.1. The Labute approximate surface area is 111 Å². The van der Waals surface area contributed by atoms with Gasteiger partial charge in [0.1, 0.15) is 0 Å². The van der Waals surface area contributed by atoms with Crippen molar-refractivity contribution < 1.29 is 0 Å². The maximum Gasteiger partial charge on any atom is 0.0209 e. The summed E-state index contributed by atoms with van der Waals surface area (Å²) in [5, 5.41) is 3.65. The summed E-state index contributed by atoms with van der Waals surface area (Å²) in [6.45, 7) is 9.25. The number of benzene rings is 1. The van der Waals surface area contributed by atoms with Crippen LogP contribution in [0.15, 0.2) is 30.3 Å². The highest BCUT2D eigenvalue weighted by molar-refractivity contribution is 5.15. The van der Waals surface area contributed by atoms with E-state index in [1.54, 1.807) is 0 Å². The molecule has 2 heteroatoms. The van der Waals surface area contributed by atoms with Gasteiger partial charge in [-0.3, -0.25) is 4.90 Å². The van der Waals surface area contributed by atoms with Crippen molar-refractivity contribution >= 4 is 0 Å². The summed E-state index contributed by atoms with van der Waals surface area (Å²) < 4.78 is 0. The van der Waals surface area contributed by atoms with Gasteiger partial charge in [0, 0.05) is 31.2 Å². The third kappa shape index (κ3) is 3.82. The van der Waals surface area contributed by atoms with E-state index in [4.69, 9.17) is 0 Å². The number of nitrogens with zero attached hydrogens (tertiary/aromatic N) is 1. The molecule has 2 atom stereocenters. The Hall–Kier alpha value is -0.860. The van der Waals surface area contributed by atoms with Crippen LogP contribution in [0.25, 0.3) is 0 Å². The topological polar surface area (TPSA) is 15.3 Å². The van der Waals surface area contributed by atoms with E-state index in [2.05, 4.69) is 61.3 Å². The van der Waals surface area contributed by atoms with Crippen LogP contribution in [0.2, 0.25) is 0 Å². The Morgan fingerprint density at radius 1 is 1.22 bits per heavy atom. The number of hydrogen-bond donors (Lipinski definition) is 1. The monoisotopic (exact) mass is 246 g/mol. The van der Waals surface area contributed by atoms with E-state index in [1.807, 2.05) is 0 Å². The van der Waals surface area contributed by atoms with Gasteiger partial charge >= 0.3 is 0 Å². The molecule has 1 aromatic carbocycles. The van der Waals surface area contributed by atoms with Crippen molar-refractivity contribution in [3.63, 3.8) is 0 Å². The maximum atomic E-state index is 3.65. The molecule has 0 aliphatic carbocycles. The lowest BCUT2D eigenvalue weighted by Crippen LogP contribution is -2.39. The maximum absolute atomic E-state index is 3.65. The number of likely N-dealkylation sites (tertiary alicyclic amines) is 1. The smallest absolute Gasteiger partial charge is 0.0209 e. The molecular weight excluding hydrogens is 220 g/mol. The Bertz CT molecular complexity index is 347. The molecule has 0 spiro atoms. The summed E-state index contributed by atoms with van der Waals surface area (Å²) in [7, 11) is 0. The van der Waals surface area contributed by atoms with E-state index in [9.17, 15) is 0 Å². The first-order valence-electron chi connectivity index (χ1n) is 7.19. The number of hydrogen-bond acceptors (Lipinski definition) is 2. The fourth-order valence-electron chi connectivity index (χ4n) is 2.88. The van der Waals surface area contributed by atoms with Gasteiger partial charge in [-0.15, -0.1) is 0 Å². The second-order valence-electron chi connectivity index (χ2n) is 5.84. The van der Waals surface area contributed by atoms with Gasteiger partial charge < -0.3 is 5.32 Å². The molecule has 100 valence electrons. The van der Waals surface area contributed by atoms with Crippen molar-refractivity contribution in [1.29, 1.82) is 0 Å². The molecule has 2 rings (SSSR count). The minimum Gasteiger partial charge on any atom is -0.310 e. The predicted molar refractivity (Wildman–Crippen MR) is 77.9 cm³/mol. The minimum atomic E-state index is 0.597. The van der Waals surface area contributed by atoms with Gasteiger partial charge in [0.2, 0.25) is 0 Å². The van der Waals surface area contributed by atoms with Crippen LogP contribution in [0.1, 0.15) is 32.8 Å². The van der Waals surface area contributed by atoms with E-state index in [-0.39, 0.29) is 0 Å². The SMILES string of the molecule is CC(C)NC1CCN(C(C)Cc2ccccc2)C1. The molecule has 0 aromatic heterocycles. The molecular formula is C16H26N2. The first kappa shape index (κ1) is 13.6. The minimum absolute atomic E-state index is 0.597. The van der Waals surface area contributed by atoms with Gasteiger partial charge in [0.15, 0.2) is 0 Å². The van der Waals surface area contributed by atoms with Gasteiger partial charge in [-0.1, -0.05) is 44.2 Å². The van der Waals surface area contributed by atoms with Crippen molar-refractivity contribution in [2.75, 3.05) is 13.1 Å². The molecule has 1 aliphatic rings. The first-order chi connectivity index (χ1) is 8.65. The highest BCUT2D eigenvalue weighted by Crippen LogP contribution is 2.16.